The van der Waals surface area contributed by atoms with E-state index in [1.807, 2.05) is 50.5 Å². The topological polar surface area (TPSA) is 133 Å². The summed E-state index contributed by atoms with van der Waals surface area (Å²) in [6.45, 7) is 4.17. The Morgan fingerprint density at radius 1 is 1.22 bits per heavy atom. The Kier molecular flexibility index (Phi) is 9.46. The van der Waals surface area contributed by atoms with Crippen molar-refractivity contribution in [1.29, 1.82) is 0 Å². The van der Waals surface area contributed by atoms with Crippen LogP contribution < -0.4 is 14.5 Å². The van der Waals surface area contributed by atoms with E-state index in [-0.39, 0.29) is 12.7 Å². The van der Waals surface area contributed by atoms with Crippen LogP contribution in [0.5, 0.6) is 5.75 Å². The molecule has 0 unspecified atom stereocenters. The largest absolute Gasteiger partial charge is 0.462 e. The van der Waals surface area contributed by atoms with Gasteiger partial charge < -0.3 is 28.5 Å². The molecule has 1 fully saturated rings. The molecule has 0 spiro atoms. The number of benzene rings is 2. The average molecular weight is 661 g/mol. The molecular weight excluding hydrogens is 622 g/mol. The Morgan fingerprint density at radius 3 is 2.64 bits per heavy atom. The van der Waals surface area contributed by atoms with Crippen LogP contribution in [-0.2, 0) is 30.6 Å². The highest BCUT2D eigenvalue weighted by molar-refractivity contribution is 8.09. The van der Waals surface area contributed by atoms with Gasteiger partial charge in [0.05, 0.1) is 19.0 Å². The van der Waals surface area contributed by atoms with Crippen molar-refractivity contribution >= 4 is 52.2 Å². The fraction of sp³-hybridized carbons (Fsp3) is 0.467. The van der Waals surface area contributed by atoms with Gasteiger partial charge in [0.1, 0.15) is 29.8 Å². The number of alkyl halides is 1. The number of halogens is 1. The molecule has 2 aromatic heterocycles. The molecular formula is C30H38FN6O6PS. The molecule has 1 aliphatic heterocycles. The summed E-state index contributed by atoms with van der Waals surface area (Å²) in [6, 6.07) is 12.2. The van der Waals surface area contributed by atoms with Crippen molar-refractivity contribution < 1.29 is 32.8 Å². The number of anilines is 1. The summed E-state index contributed by atoms with van der Waals surface area (Å²) in [5, 5.41) is 15.8. The van der Waals surface area contributed by atoms with Crippen LogP contribution in [0, 0.1) is 6.92 Å². The first-order valence-electron chi connectivity index (χ1n) is 14.5. The molecule has 1 saturated heterocycles. The second kappa shape index (κ2) is 12.9. The van der Waals surface area contributed by atoms with Gasteiger partial charge in [0.15, 0.2) is 28.9 Å². The van der Waals surface area contributed by atoms with E-state index >= 15 is 4.39 Å². The summed E-state index contributed by atoms with van der Waals surface area (Å²) in [6.07, 6.45) is -2.98. The fourth-order valence-electron chi connectivity index (χ4n) is 5.13. The number of nitrogens with zero attached hydrogens (tertiary/aromatic N) is 5. The molecule has 15 heteroatoms. The van der Waals surface area contributed by atoms with E-state index in [0.29, 0.717) is 28.6 Å². The number of aliphatic hydroxyl groups excluding tert-OH is 1. The summed E-state index contributed by atoms with van der Waals surface area (Å²) in [4.78, 5) is 27.8. The first kappa shape index (κ1) is 33.1. The normalized spacial score (nSPS) is 23.7. The van der Waals surface area contributed by atoms with Crippen molar-refractivity contribution in [3.05, 3.63) is 54.6 Å². The van der Waals surface area contributed by atoms with E-state index in [1.54, 1.807) is 38.7 Å². The number of esters is 1. The number of imidazole rings is 1. The molecule has 6 atom stereocenters. The van der Waals surface area contributed by atoms with E-state index in [0.717, 1.165) is 10.8 Å². The summed E-state index contributed by atoms with van der Waals surface area (Å²) in [7, 11) is 3.65. The van der Waals surface area contributed by atoms with Crippen LogP contribution in [0.2, 0.25) is 0 Å². The lowest BCUT2D eigenvalue weighted by Crippen LogP contribution is -2.41. The molecule has 0 amide bonds. The maximum Gasteiger partial charge on any atom is 0.323 e. The first-order chi connectivity index (χ1) is 21.2. The number of hydrogen-bond donors (Lipinski definition) is 2. The maximum absolute atomic E-state index is 16.3. The minimum absolute atomic E-state index is 0.345. The van der Waals surface area contributed by atoms with Crippen LogP contribution in [0.25, 0.3) is 21.9 Å². The molecule has 0 bridgehead atoms. The second-order valence-corrected chi connectivity index (χ2v) is 14.8. The highest BCUT2D eigenvalue weighted by Gasteiger charge is 2.56. The minimum Gasteiger partial charge on any atom is -0.462 e. The third-order valence-corrected chi connectivity index (χ3v) is 9.83. The van der Waals surface area contributed by atoms with Crippen molar-refractivity contribution in [2.45, 2.75) is 70.9 Å². The molecule has 12 nitrogen and oxygen atoms in total. The molecule has 1 aliphatic rings. The maximum atomic E-state index is 16.3. The Bertz CT molecular complexity index is 1750. The molecule has 4 aromatic rings. The smallest absolute Gasteiger partial charge is 0.323 e. The highest BCUT2D eigenvalue weighted by atomic mass is 32.5. The fourth-order valence-corrected chi connectivity index (χ4v) is 7.55. The van der Waals surface area contributed by atoms with E-state index < -0.39 is 42.8 Å². The molecule has 242 valence electrons. The Labute approximate surface area is 266 Å². The molecule has 0 saturated carbocycles. The van der Waals surface area contributed by atoms with Crippen LogP contribution in [0.1, 0.15) is 39.7 Å². The monoisotopic (exact) mass is 660 g/mol. The number of carbonyl (C=O) groups excluding carboxylic acids is 1. The summed E-state index contributed by atoms with van der Waals surface area (Å²) >= 11 is 5.89. The van der Waals surface area contributed by atoms with Gasteiger partial charge in [0, 0.05) is 19.5 Å². The van der Waals surface area contributed by atoms with Gasteiger partial charge in [-0.15, -0.1) is 0 Å². The molecule has 45 heavy (non-hydrogen) atoms. The summed E-state index contributed by atoms with van der Waals surface area (Å²) in [5.41, 5.74) is -1.44. The molecule has 3 heterocycles. The SMILES string of the molecule is Cc1nc(N(C)C)c2ncn([C@@H]3O[C@H](CO[P@](=S)(N[C@H](C)C(=O)OC(C)C)Oc4cccc5ccccc45)[C@@H](O)[C@@]3(C)F)c2n1. The number of aliphatic hydroxyl groups is 1. The molecule has 2 N–H and O–H groups in total. The standard InChI is InChI=1S/C30H38FN6O6PS/c1-17(2)41-28(39)18(3)35-44(45,43-22-14-10-12-20-11-8-9-13-21(20)22)40-15-23-25(38)30(5,31)29(42-23)37-16-32-24-26(36(6)7)33-19(4)34-27(24)37/h8-14,16-18,23,25,29,38H,15H2,1-7H3,(H,35,45)/t18-,23-,25-,29-,30-,44-/m1/s1. The van der Waals surface area contributed by atoms with Gasteiger partial charge in [0.2, 0.25) is 0 Å². The molecule has 2 aromatic carbocycles. The minimum atomic E-state index is -3.54. The quantitative estimate of drug-likeness (QED) is 0.172. The Balaban J connectivity index is 1.42. The number of hydrogen-bond acceptors (Lipinski definition) is 11. The number of aromatic nitrogens is 4. The highest BCUT2D eigenvalue weighted by Crippen LogP contribution is 2.49. The number of rotatable bonds is 11. The number of nitrogens with one attached hydrogen (secondary N) is 1. The van der Waals surface area contributed by atoms with Crippen LogP contribution in [0.15, 0.2) is 48.8 Å². The van der Waals surface area contributed by atoms with Gasteiger partial charge >= 0.3 is 12.6 Å². The van der Waals surface area contributed by atoms with Crippen molar-refractivity contribution in [1.82, 2.24) is 24.6 Å². The van der Waals surface area contributed by atoms with E-state index in [4.69, 9.17) is 30.3 Å². The molecule has 0 radical (unpaired) electrons. The lowest BCUT2D eigenvalue weighted by Gasteiger charge is -2.28. The van der Waals surface area contributed by atoms with Gasteiger partial charge in [-0.25, -0.2) is 24.4 Å². The Morgan fingerprint density at radius 2 is 1.93 bits per heavy atom. The lowest BCUT2D eigenvalue weighted by atomic mass is 9.98. The van der Waals surface area contributed by atoms with Gasteiger partial charge in [-0.3, -0.25) is 9.36 Å². The van der Waals surface area contributed by atoms with E-state index in [2.05, 4.69) is 20.0 Å². The van der Waals surface area contributed by atoms with Crippen LogP contribution in [0.3, 0.4) is 0 Å². The Hall–Kier alpha value is -3.26. The predicted molar refractivity (Wildman–Crippen MR) is 172 cm³/mol. The number of fused-ring (bicyclic) bond motifs is 2. The number of carbonyl (C=O) groups is 1. The number of aryl methyl sites for hydroxylation is 1. The van der Waals surface area contributed by atoms with Gasteiger partial charge in [-0.2, -0.15) is 0 Å². The van der Waals surface area contributed by atoms with Gasteiger partial charge in [-0.05, 0) is 57.9 Å². The molecule has 5 rings (SSSR count). The van der Waals surface area contributed by atoms with E-state index in [1.165, 1.54) is 17.8 Å². The van der Waals surface area contributed by atoms with E-state index in [9.17, 15) is 9.90 Å². The number of ether oxygens (including phenoxy) is 2. The van der Waals surface area contributed by atoms with Crippen molar-refractivity contribution in [3.63, 3.8) is 0 Å². The van der Waals surface area contributed by atoms with Crippen molar-refractivity contribution in [3.8, 4) is 5.75 Å². The second-order valence-electron chi connectivity index (χ2n) is 11.6. The van der Waals surface area contributed by atoms with Crippen LogP contribution in [0.4, 0.5) is 10.2 Å². The van der Waals surface area contributed by atoms with Crippen LogP contribution in [-0.4, -0.2) is 81.3 Å². The summed E-state index contributed by atoms with van der Waals surface area (Å²) in [5.74, 6) is 0.928. The molecule has 0 aliphatic carbocycles. The predicted octanol–water partition coefficient (Wildman–Crippen LogP) is 4.59. The first-order valence-corrected chi connectivity index (χ1v) is 17.1. The zero-order valence-corrected chi connectivity index (χ0v) is 27.9. The van der Waals surface area contributed by atoms with Gasteiger partial charge in [-0.1, -0.05) is 36.4 Å². The van der Waals surface area contributed by atoms with Crippen molar-refractivity contribution in [2.75, 3.05) is 25.6 Å². The summed E-state index contributed by atoms with van der Waals surface area (Å²) < 4.78 is 41.6. The average Bonchev–Trinajstić information content (AvgIpc) is 3.48. The van der Waals surface area contributed by atoms with Gasteiger partial charge in [0.25, 0.3) is 0 Å². The third kappa shape index (κ3) is 6.81. The lowest BCUT2D eigenvalue weighted by molar-refractivity contribution is -0.149. The third-order valence-electron chi connectivity index (χ3n) is 7.34. The zero-order chi connectivity index (χ0) is 32.7. The van der Waals surface area contributed by atoms with Crippen molar-refractivity contribution in [2.24, 2.45) is 0 Å². The zero-order valence-electron chi connectivity index (χ0n) is 26.2. The van der Waals surface area contributed by atoms with Crippen LogP contribution >= 0.6 is 6.64 Å².